The zero-order valence-corrected chi connectivity index (χ0v) is 12.5. The van der Waals surface area contributed by atoms with Crippen molar-refractivity contribution in [2.75, 3.05) is 20.2 Å². The number of hydrogen-bond acceptors (Lipinski definition) is 3. The Bertz CT molecular complexity index is 590. The maximum atomic E-state index is 12.3. The molecule has 0 saturated carbocycles. The van der Waals surface area contributed by atoms with E-state index < -0.39 is 30.5 Å². The van der Waals surface area contributed by atoms with Crippen LogP contribution in [0.4, 0.5) is 13.2 Å². The number of halogens is 3. The van der Waals surface area contributed by atoms with Crippen LogP contribution < -0.4 is 10.1 Å². The number of rotatable bonds is 5. The summed E-state index contributed by atoms with van der Waals surface area (Å²) in [7, 11) is 1.52. The van der Waals surface area contributed by atoms with E-state index in [1.807, 2.05) is 0 Å². The Balaban J connectivity index is 1.88. The van der Waals surface area contributed by atoms with E-state index in [9.17, 15) is 22.8 Å². The third-order valence-corrected chi connectivity index (χ3v) is 3.56. The molecule has 5 nitrogen and oxygen atoms in total. The highest BCUT2D eigenvalue weighted by Crippen LogP contribution is 2.24. The first-order valence-electron chi connectivity index (χ1n) is 7.03. The van der Waals surface area contributed by atoms with Gasteiger partial charge in [-0.3, -0.25) is 9.59 Å². The van der Waals surface area contributed by atoms with Crippen LogP contribution in [0.25, 0.3) is 0 Å². The van der Waals surface area contributed by atoms with E-state index in [1.54, 1.807) is 24.3 Å². The lowest BCUT2D eigenvalue weighted by Gasteiger charge is -2.18. The van der Waals surface area contributed by atoms with Crippen molar-refractivity contribution in [3.05, 3.63) is 29.8 Å². The van der Waals surface area contributed by atoms with Crippen molar-refractivity contribution in [2.45, 2.75) is 19.1 Å². The Labute approximate surface area is 131 Å². The second kappa shape index (κ2) is 6.89. The van der Waals surface area contributed by atoms with Gasteiger partial charge in [0.1, 0.15) is 12.3 Å². The minimum atomic E-state index is -4.46. The van der Waals surface area contributed by atoms with Crippen LogP contribution in [-0.2, 0) is 16.1 Å². The van der Waals surface area contributed by atoms with Crippen LogP contribution in [0, 0.1) is 5.92 Å². The molecule has 0 radical (unpaired) electrons. The fourth-order valence-electron chi connectivity index (χ4n) is 2.43. The topological polar surface area (TPSA) is 58.6 Å². The second-order valence-electron chi connectivity index (χ2n) is 5.36. The normalized spacial score (nSPS) is 18.2. The number of carbonyl (C=O) groups is 2. The van der Waals surface area contributed by atoms with Crippen molar-refractivity contribution in [3.63, 3.8) is 0 Å². The lowest BCUT2D eigenvalue weighted by Crippen LogP contribution is -2.37. The number of hydrogen-bond donors (Lipinski definition) is 1. The predicted molar refractivity (Wildman–Crippen MR) is 75.6 cm³/mol. The summed E-state index contributed by atoms with van der Waals surface area (Å²) in [4.78, 5) is 24.3. The van der Waals surface area contributed by atoms with Crippen LogP contribution in [-0.4, -0.2) is 43.1 Å². The van der Waals surface area contributed by atoms with E-state index in [0.29, 0.717) is 10.6 Å². The van der Waals surface area contributed by atoms with E-state index in [0.717, 1.165) is 5.56 Å². The molecule has 0 spiro atoms. The predicted octanol–water partition coefficient (Wildman–Crippen LogP) is 1.72. The van der Waals surface area contributed by atoms with E-state index >= 15 is 0 Å². The summed E-state index contributed by atoms with van der Waals surface area (Å²) >= 11 is 0. The van der Waals surface area contributed by atoms with Gasteiger partial charge in [0, 0.05) is 19.5 Å². The molecule has 23 heavy (non-hydrogen) atoms. The van der Waals surface area contributed by atoms with E-state index in [4.69, 9.17) is 4.74 Å². The second-order valence-corrected chi connectivity index (χ2v) is 5.36. The van der Waals surface area contributed by atoms with Gasteiger partial charge in [-0.2, -0.15) is 13.2 Å². The van der Waals surface area contributed by atoms with Gasteiger partial charge in [-0.05, 0) is 17.7 Å². The number of benzene rings is 1. The standard InChI is InChI=1S/C15H17F3N2O3/c1-23-12-4-2-3-10(5-12)7-19-14(22)11-6-13(21)20(8-11)9-15(16,17)18/h2-5,11H,6-9H2,1H3,(H,19,22). The molecule has 2 rings (SSSR count). The molecule has 1 aliphatic rings. The van der Waals surface area contributed by atoms with E-state index in [-0.39, 0.29) is 19.5 Å². The fourth-order valence-corrected chi connectivity index (χ4v) is 2.43. The maximum absolute atomic E-state index is 12.3. The molecule has 1 atom stereocenters. The third-order valence-electron chi connectivity index (χ3n) is 3.56. The molecule has 0 aromatic heterocycles. The van der Waals surface area contributed by atoms with Crippen molar-refractivity contribution < 1.29 is 27.5 Å². The molecule has 126 valence electrons. The molecule has 1 aromatic rings. The number of alkyl halides is 3. The van der Waals surface area contributed by atoms with Crippen LogP contribution in [0.3, 0.4) is 0 Å². The number of nitrogens with zero attached hydrogens (tertiary/aromatic N) is 1. The minimum absolute atomic E-state index is 0.194. The van der Waals surface area contributed by atoms with Gasteiger partial charge in [-0.25, -0.2) is 0 Å². The first kappa shape index (κ1) is 17.1. The van der Waals surface area contributed by atoms with Gasteiger partial charge < -0.3 is 15.0 Å². The molecule has 1 fully saturated rings. The zero-order chi connectivity index (χ0) is 17.0. The Kier molecular flexibility index (Phi) is 5.12. The molecule has 1 unspecified atom stereocenters. The van der Waals surface area contributed by atoms with Crippen LogP contribution in [0.1, 0.15) is 12.0 Å². The van der Waals surface area contributed by atoms with Crippen LogP contribution in [0.5, 0.6) is 5.75 Å². The molecule has 0 bridgehead atoms. The van der Waals surface area contributed by atoms with Gasteiger partial charge in [0.15, 0.2) is 0 Å². The molecular weight excluding hydrogens is 313 g/mol. The number of carbonyl (C=O) groups excluding carboxylic acids is 2. The van der Waals surface area contributed by atoms with Gasteiger partial charge >= 0.3 is 6.18 Å². The first-order valence-corrected chi connectivity index (χ1v) is 7.03. The number of nitrogens with one attached hydrogen (secondary N) is 1. The zero-order valence-electron chi connectivity index (χ0n) is 12.5. The maximum Gasteiger partial charge on any atom is 0.406 e. The van der Waals surface area contributed by atoms with E-state index in [2.05, 4.69) is 5.32 Å². The summed E-state index contributed by atoms with van der Waals surface area (Å²) in [5.41, 5.74) is 0.800. The Morgan fingerprint density at radius 1 is 1.43 bits per heavy atom. The number of amides is 2. The van der Waals surface area contributed by atoms with Crippen LogP contribution in [0.15, 0.2) is 24.3 Å². The van der Waals surface area contributed by atoms with Gasteiger partial charge in [0.05, 0.1) is 13.0 Å². The quantitative estimate of drug-likeness (QED) is 0.894. The largest absolute Gasteiger partial charge is 0.497 e. The highest BCUT2D eigenvalue weighted by molar-refractivity contribution is 5.89. The average molecular weight is 330 g/mol. The van der Waals surface area contributed by atoms with E-state index in [1.165, 1.54) is 7.11 Å². The summed E-state index contributed by atoms with van der Waals surface area (Å²) < 4.78 is 42.1. The summed E-state index contributed by atoms with van der Waals surface area (Å²) in [6.45, 7) is -1.30. The first-order chi connectivity index (χ1) is 10.8. The molecule has 1 aliphatic heterocycles. The minimum Gasteiger partial charge on any atom is -0.497 e. The smallest absolute Gasteiger partial charge is 0.406 e. The molecule has 1 N–H and O–H groups in total. The Morgan fingerprint density at radius 3 is 2.83 bits per heavy atom. The summed E-state index contributed by atoms with van der Waals surface area (Å²) in [6, 6.07) is 7.06. The highest BCUT2D eigenvalue weighted by atomic mass is 19.4. The van der Waals surface area contributed by atoms with Gasteiger partial charge in [0.2, 0.25) is 11.8 Å². The molecule has 1 aromatic carbocycles. The number of likely N-dealkylation sites (tertiary alicyclic amines) is 1. The summed E-state index contributed by atoms with van der Waals surface area (Å²) in [5.74, 6) is -1.19. The molecule has 1 saturated heterocycles. The van der Waals surface area contributed by atoms with Gasteiger partial charge in [-0.1, -0.05) is 12.1 Å². The summed E-state index contributed by atoms with van der Waals surface area (Å²) in [6.07, 6.45) is -4.65. The Morgan fingerprint density at radius 2 is 2.17 bits per heavy atom. The lowest BCUT2D eigenvalue weighted by molar-refractivity contribution is -0.157. The van der Waals surface area contributed by atoms with Crippen molar-refractivity contribution in [1.82, 2.24) is 10.2 Å². The summed E-state index contributed by atoms with van der Waals surface area (Å²) in [5, 5.41) is 2.64. The van der Waals surface area contributed by atoms with Crippen molar-refractivity contribution in [3.8, 4) is 5.75 Å². The number of methoxy groups -OCH3 is 1. The van der Waals surface area contributed by atoms with Gasteiger partial charge in [-0.15, -0.1) is 0 Å². The number of ether oxygens (including phenoxy) is 1. The molecule has 1 heterocycles. The SMILES string of the molecule is COc1cccc(CNC(=O)C2CC(=O)N(CC(F)(F)F)C2)c1. The monoisotopic (exact) mass is 330 g/mol. The highest BCUT2D eigenvalue weighted by Gasteiger charge is 2.40. The molecular formula is C15H17F3N2O3. The molecule has 0 aliphatic carbocycles. The van der Waals surface area contributed by atoms with Crippen LogP contribution >= 0.6 is 0 Å². The third kappa shape index (κ3) is 4.87. The van der Waals surface area contributed by atoms with Gasteiger partial charge in [0.25, 0.3) is 0 Å². The molecule has 8 heteroatoms. The van der Waals surface area contributed by atoms with Crippen molar-refractivity contribution in [1.29, 1.82) is 0 Å². The lowest BCUT2D eigenvalue weighted by atomic mass is 10.1. The van der Waals surface area contributed by atoms with Crippen LogP contribution in [0.2, 0.25) is 0 Å². The van der Waals surface area contributed by atoms with Crippen molar-refractivity contribution in [2.24, 2.45) is 5.92 Å². The fraction of sp³-hybridized carbons (Fsp3) is 0.467. The average Bonchev–Trinajstić information content (AvgIpc) is 2.84. The Hall–Kier alpha value is -2.25. The van der Waals surface area contributed by atoms with Crippen molar-refractivity contribution >= 4 is 11.8 Å². The molecule has 2 amide bonds.